The molecule has 0 aliphatic heterocycles. The molecule has 0 saturated carbocycles. The quantitative estimate of drug-likeness (QED) is 0.569. The predicted octanol–water partition coefficient (Wildman–Crippen LogP) is 2.09. The summed E-state index contributed by atoms with van der Waals surface area (Å²) in [5, 5.41) is 0. The maximum atomic E-state index is 9.98. The summed E-state index contributed by atoms with van der Waals surface area (Å²) in [6, 6.07) is 0. The van der Waals surface area contributed by atoms with E-state index in [-0.39, 0.29) is 5.75 Å². The Morgan fingerprint density at radius 3 is 2.00 bits per heavy atom. The van der Waals surface area contributed by atoms with E-state index in [0.717, 1.165) is 0 Å². The first-order chi connectivity index (χ1) is 3.92. The molecule has 0 spiro atoms. The van der Waals surface area contributed by atoms with Crippen molar-refractivity contribution < 1.29 is 8.76 Å². The second kappa shape index (κ2) is 4.43. The van der Waals surface area contributed by atoms with E-state index in [1.807, 2.05) is 0 Å². The fraction of sp³-hybridized carbons (Fsp3) is 1.00. The van der Waals surface area contributed by atoms with Gasteiger partial charge in [0.2, 0.25) is 0 Å². The van der Waals surface area contributed by atoms with Crippen LogP contribution in [0.3, 0.4) is 0 Å². The Kier molecular flexibility index (Phi) is 5.20. The largest absolute Gasteiger partial charge is 0.772 e. The van der Waals surface area contributed by atoms with Crippen LogP contribution in [0.25, 0.3) is 0 Å². The Hall–Kier alpha value is 1.55. The van der Waals surface area contributed by atoms with E-state index in [9.17, 15) is 8.76 Å². The van der Waals surface area contributed by atoms with Crippen molar-refractivity contribution in [1.82, 2.24) is 0 Å². The lowest BCUT2D eigenvalue weighted by atomic mass is 10.6. The molecule has 0 aromatic heterocycles. The molecule has 0 N–H and O–H groups in total. The van der Waals surface area contributed by atoms with Gasteiger partial charge in [-0.25, -0.2) is 0 Å². The van der Waals surface area contributed by atoms with E-state index in [4.69, 9.17) is 0 Å². The van der Waals surface area contributed by atoms with Crippen LogP contribution in [0, 0.1) is 0 Å². The molecule has 0 fully saturated rings. The van der Waals surface area contributed by atoms with Gasteiger partial charge in [0.15, 0.2) is 0 Å². The Bertz CT molecular complexity index is 110. The number of hydrogen-bond donors (Lipinski definition) is 0. The van der Waals surface area contributed by atoms with Crippen molar-refractivity contribution in [2.45, 2.75) is 8.56 Å². The molecule has 1 atom stereocenters. The maximum Gasteiger partial charge on any atom is 0.135 e. The molecular weight excluding hydrogens is 340 g/mol. The molecule has 6 heteroatoms. The van der Waals surface area contributed by atoms with Gasteiger partial charge in [0.05, 0.1) is 0 Å². The Labute approximate surface area is 81.4 Å². The van der Waals surface area contributed by atoms with Gasteiger partial charge in [0.1, 0.15) is 2.14 Å². The summed E-state index contributed by atoms with van der Waals surface area (Å²) in [5.41, 5.74) is 0. The lowest BCUT2D eigenvalue weighted by Crippen LogP contribution is -2.06. The molecule has 56 valence electrons. The van der Waals surface area contributed by atoms with E-state index in [0.29, 0.717) is 6.42 Å². The van der Waals surface area contributed by atoms with Gasteiger partial charge in [-0.1, -0.05) is 58.9 Å². The van der Waals surface area contributed by atoms with E-state index in [1.165, 1.54) is 0 Å². The van der Waals surface area contributed by atoms with E-state index in [2.05, 4.69) is 47.8 Å². The lowest BCUT2D eigenvalue weighted by Gasteiger charge is -2.12. The summed E-state index contributed by atoms with van der Waals surface area (Å²) in [6.45, 7) is 0. The average molecular weight is 344 g/mol. The number of hydrogen-bond acceptors (Lipinski definition) is 2. The van der Waals surface area contributed by atoms with Gasteiger partial charge < -0.3 is 4.55 Å². The zero-order valence-corrected chi connectivity index (χ0v) is 9.85. The molecular formula is C3H4Br3O2S-. The first-order valence-electron chi connectivity index (χ1n) is 2.04. The SMILES string of the molecule is O=S([O-])CCC(Br)(Br)Br. The average Bonchev–Trinajstić information content (AvgIpc) is 1.59. The first kappa shape index (κ1) is 10.6. The van der Waals surface area contributed by atoms with Crippen molar-refractivity contribution in [2.75, 3.05) is 5.75 Å². The summed E-state index contributed by atoms with van der Waals surface area (Å²) < 4.78 is 19.5. The zero-order chi connectivity index (χ0) is 7.49. The Morgan fingerprint density at radius 2 is 1.89 bits per heavy atom. The summed E-state index contributed by atoms with van der Waals surface area (Å²) in [5.74, 6) is 0.141. The number of rotatable bonds is 2. The Balaban J connectivity index is 3.39. The van der Waals surface area contributed by atoms with Gasteiger partial charge in [-0.05, 0) is 6.42 Å². The molecule has 0 radical (unpaired) electrons. The topological polar surface area (TPSA) is 40.1 Å². The van der Waals surface area contributed by atoms with Crippen molar-refractivity contribution >= 4 is 58.9 Å². The van der Waals surface area contributed by atoms with Crippen LogP contribution in [0.4, 0.5) is 0 Å². The Morgan fingerprint density at radius 1 is 1.44 bits per heavy atom. The number of halogens is 3. The molecule has 0 aliphatic rings. The highest BCUT2D eigenvalue weighted by Gasteiger charge is 2.16. The smallest absolute Gasteiger partial charge is 0.135 e. The minimum absolute atomic E-state index is 0.141. The third kappa shape index (κ3) is 9.55. The highest BCUT2D eigenvalue weighted by molar-refractivity contribution is 9.39. The second-order valence-electron chi connectivity index (χ2n) is 1.37. The molecule has 0 amide bonds. The summed E-state index contributed by atoms with van der Waals surface area (Å²) in [7, 11) is 0. The first-order valence-corrected chi connectivity index (χ1v) is 5.67. The van der Waals surface area contributed by atoms with Crippen LogP contribution in [-0.2, 0) is 11.1 Å². The van der Waals surface area contributed by atoms with Crippen LogP contribution in [-0.4, -0.2) is 16.7 Å². The van der Waals surface area contributed by atoms with E-state index < -0.39 is 13.2 Å². The summed E-state index contributed by atoms with van der Waals surface area (Å²) in [4.78, 5) is 0. The van der Waals surface area contributed by atoms with Crippen LogP contribution >= 0.6 is 47.8 Å². The molecule has 0 bridgehead atoms. The van der Waals surface area contributed by atoms with Crippen molar-refractivity contribution in [3.63, 3.8) is 0 Å². The third-order valence-electron chi connectivity index (χ3n) is 0.552. The fourth-order valence-electron chi connectivity index (χ4n) is 0.199. The van der Waals surface area contributed by atoms with Crippen molar-refractivity contribution in [2.24, 2.45) is 0 Å². The summed E-state index contributed by atoms with van der Waals surface area (Å²) in [6.07, 6.45) is 0.489. The second-order valence-corrected chi connectivity index (χ2v) is 9.64. The monoisotopic (exact) mass is 341 g/mol. The molecule has 0 aliphatic carbocycles. The highest BCUT2D eigenvalue weighted by Crippen LogP contribution is 2.36. The van der Waals surface area contributed by atoms with Gasteiger partial charge in [-0.3, -0.25) is 4.21 Å². The van der Waals surface area contributed by atoms with Gasteiger partial charge in [-0.2, -0.15) is 0 Å². The molecule has 9 heavy (non-hydrogen) atoms. The van der Waals surface area contributed by atoms with Crippen molar-refractivity contribution in [3.8, 4) is 0 Å². The van der Waals surface area contributed by atoms with Crippen LogP contribution in [0.2, 0.25) is 0 Å². The lowest BCUT2D eigenvalue weighted by molar-refractivity contribution is 0.535. The maximum absolute atomic E-state index is 9.98. The molecule has 2 nitrogen and oxygen atoms in total. The normalized spacial score (nSPS) is 15.6. The van der Waals surface area contributed by atoms with Crippen LogP contribution < -0.4 is 0 Å². The van der Waals surface area contributed by atoms with E-state index >= 15 is 0 Å². The summed E-state index contributed by atoms with van der Waals surface area (Å²) >= 11 is 7.55. The van der Waals surface area contributed by atoms with Gasteiger partial charge in [0, 0.05) is 5.75 Å². The minimum atomic E-state index is -1.95. The highest BCUT2D eigenvalue weighted by atomic mass is 80.0. The van der Waals surface area contributed by atoms with Crippen LogP contribution in [0.5, 0.6) is 0 Å². The standard InChI is InChI=1S/C3H5Br3O2S/c4-3(5,6)1-2-9(7)8/h1-2H2,(H,7,8)/p-1. The van der Waals surface area contributed by atoms with Crippen LogP contribution in [0.15, 0.2) is 0 Å². The molecule has 0 aromatic carbocycles. The van der Waals surface area contributed by atoms with Gasteiger partial charge in [0.25, 0.3) is 0 Å². The third-order valence-corrected chi connectivity index (χ3v) is 2.28. The molecule has 1 unspecified atom stereocenters. The minimum Gasteiger partial charge on any atom is -0.772 e. The van der Waals surface area contributed by atoms with Gasteiger partial charge >= 0.3 is 0 Å². The molecule has 0 aromatic rings. The molecule has 0 rings (SSSR count). The zero-order valence-electron chi connectivity index (χ0n) is 4.27. The van der Waals surface area contributed by atoms with Crippen LogP contribution in [0.1, 0.15) is 6.42 Å². The van der Waals surface area contributed by atoms with E-state index in [1.54, 1.807) is 0 Å². The fourth-order valence-corrected chi connectivity index (χ4v) is 2.05. The molecule has 0 heterocycles. The molecule has 0 saturated heterocycles. The van der Waals surface area contributed by atoms with Crippen molar-refractivity contribution in [3.05, 3.63) is 0 Å². The van der Waals surface area contributed by atoms with Gasteiger partial charge in [-0.15, -0.1) is 0 Å². The number of alkyl halides is 3. The van der Waals surface area contributed by atoms with Crippen molar-refractivity contribution in [1.29, 1.82) is 0 Å². The predicted molar refractivity (Wildman–Crippen MR) is 47.9 cm³/mol.